The molecular formula is C19H20N6OS. The van der Waals surface area contributed by atoms with Crippen LogP contribution >= 0.6 is 11.8 Å². The number of imidazole rings is 1. The second-order valence-corrected chi connectivity index (χ2v) is 8.50. The van der Waals surface area contributed by atoms with Gasteiger partial charge in [0.15, 0.2) is 0 Å². The monoisotopic (exact) mass is 380 g/mol. The highest BCUT2D eigenvalue weighted by Crippen LogP contribution is 2.45. The van der Waals surface area contributed by atoms with E-state index in [1.54, 1.807) is 36.5 Å². The first-order valence-corrected chi connectivity index (χ1v) is 10.0. The van der Waals surface area contributed by atoms with Crippen molar-refractivity contribution in [3.05, 3.63) is 43.1 Å². The summed E-state index contributed by atoms with van der Waals surface area (Å²) in [5, 5.41) is 23.9. The number of phenols is 1. The van der Waals surface area contributed by atoms with Crippen LogP contribution in [0.3, 0.4) is 0 Å². The molecule has 0 radical (unpaired) electrons. The maximum Gasteiger partial charge on any atom is 0.209 e. The summed E-state index contributed by atoms with van der Waals surface area (Å²) in [7, 11) is 0. The van der Waals surface area contributed by atoms with Crippen molar-refractivity contribution in [2.24, 2.45) is 0 Å². The van der Waals surface area contributed by atoms with Gasteiger partial charge in [0.2, 0.25) is 5.16 Å². The van der Waals surface area contributed by atoms with E-state index in [0.29, 0.717) is 27.2 Å². The van der Waals surface area contributed by atoms with Crippen molar-refractivity contribution in [2.75, 3.05) is 6.54 Å². The van der Waals surface area contributed by atoms with Gasteiger partial charge in [0.05, 0.1) is 18.2 Å². The third-order valence-corrected chi connectivity index (χ3v) is 6.44. The fourth-order valence-electron chi connectivity index (χ4n) is 3.64. The molecule has 1 atom stereocenters. The third-order valence-electron chi connectivity index (χ3n) is 5.31. The number of hydrogen-bond donors (Lipinski definition) is 2. The first-order valence-electron chi connectivity index (χ1n) is 9.14. The Morgan fingerprint density at radius 1 is 1.26 bits per heavy atom. The van der Waals surface area contributed by atoms with Crippen LogP contribution < -0.4 is 5.32 Å². The summed E-state index contributed by atoms with van der Waals surface area (Å²) in [6.45, 7) is 1.07. The van der Waals surface area contributed by atoms with E-state index in [1.165, 1.54) is 19.3 Å². The molecule has 0 unspecified atom stereocenters. The van der Waals surface area contributed by atoms with Gasteiger partial charge in [0, 0.05) is 34.8 Å². The number of piperidine rings is 1. The number of hydrogen-bond acceptors (Lipinski definition) is 7. The van der Waals surface area contributed by atoms with Gasteiger partial charge in [0.25, 0.3) is 0 Å². The Morgan fingerprint density at radius 2 is 2.19 bits per heavy atom. The molecule has 1 saturated heterocycles. The molecule has 0 amide bonds. The second-order valence-electron chi connectivity index (χ2n) is 7.24. The predicted molar refractivity (Wildman–Crippen MR) is 103 cm³/mol. The molecule has 1 aliphatic heterocycles. The summed E-state index contributed by atoms with van der Waals surface area (Å²) in [5.41, 5.74) is 2.42. The van der Waals surface area contributed by atoms with E-state index in [9.17, 15) is 5.11 Å². The summed E-state index contributed by atoms with van der Waals surface area (Å²) < 4.78 is 1.83. The fraction of sp³-hybridized carbons (Fsp3) is 0.368. The molecule has 1 aromatic carbocycles. The lowest BCUT2D eigenvalue weighted by molar-refractivity contribution is 0.393. The minimum absolute atomic E-state index is 0.145. The maximum absolute atomic E-state index is 10.4. The molecule has 7 nitrogen and oxygen atoms in total. The molecule has 1 spiro atoms. The van der Waals surface area contributed by atoms with E-state index >= 15 is 0 Å². The number of phenolic OH excluding ortho intramolecular Hbond substituents is 1. The lowest BCUT2D eigenvalue weighted by Gasteiger charge is -2.29. The SMILES string of the molecule is Oc1cc(-n2ccnc2)ccc1-c1cnc(S[C@H]2CCNC3(CC3)C2)nn1. The zero-order valence-corrected chi connectivity index (χ0v) is 15.6. The van der Waals surface area contributed by atoms with E-state index < -0.39 is 0 Å². The van der Waals surface area contributed by atoms with Gasteiger partial charge in [-0.15, -0.1) is 10.2 Å². The maximum atomic E-state index is 10.4. The van der Waals surface area contributed by atoms with E-state index in [2.05, 4.69) is 25.5 Å². The Balaban J connectivity index is 1.31. The first-order chi connectivity index (χ1) is 13.2. The standard InChI is InChI=1S/C19H20N6OS/c26-17-9-13(25-8-7-20-12-25)1-2-15(17)16-11-21-18(24-23-16)27-14-3-6-22-19(10-14)4-5-19/h1-2,7-9,11-12,14,22,26H,3-6,10H2/t14-/m0/s1. The van der Waals surface area contributed by atoms with Gasteiger partial charge in [-0.25, -0.2) is 9.97 Å². The Hall–Kier alpha value is -2.45. The molecule has 2 fully saturated rings. The topological polar surface area (TPSA) is 88.8 Å². The quantitative estimate of drug-likeness (QED) is 0.719. The van der Waals surface area contributed by atoms with Gasteiger partial charge in [-0.05, 0) is 44.4 Å². The van der Waals surface area contributed by atoms with Crippen LogP contribution in [0.25, 0.3) is 16.9 Å². The lowest BCUT2D eigenvalue weighted by Crippen LogP contribution is -2.41. The van der Waals surface area contributed by atoms with Crippen LogP contribution in [0, 0.1) is 0 Å². The Bertz CT molecular complexity index is 939. The van der Waals surface area contributed by atoms with Crippen LogP contribution in [0.2, 0.25) is 0 Å². The van der Waals surface area contributed by atoms with Crippen LogP contribution in [0.15, 0.2) is 48.3 Å². The highest BCUT2D eigenvalue weighted by Gasteiger charge is 2.46. The van der Waals surface area contributed by atoms with Gasteiger partial charge < -0.3 is 15.0 Å². The van der Waals surface area contributed by atoms with Crippen molar-refractivity contribution in [3.63, 3.8) is 0 Å². The summed E-state index contributed by atoms with van der Waals surface area (Å²) >= 11 is 1.72. The highest BCUT2D eigenvalue weighted by atomic mass is 32.2. The first kappa shape index (κ1) is 16.7. The molecule has 3 heterocycles. The number of rotatable bonds is 4. The van der Waals surface area contributed by atoms with Gasteiger partial charge in [-0.3, -0.25) is 0 Å². The zero-order valence-electron chi connectivity index (χ0n) is 14.7. The molecule has 5 rings (SSSR count). The smallest absolute Gasteiger partial charge is 0.209 e. The molecule has 8 heteroatoms. The molecule has 138 valence electrons. The average molecular weight is 380 g/mol. The Kier molecular flexibility index (Phi) is 4.09. The predicted octanol–water partition coefficient (Wildman–Crippen LogP) is 2.81. The molecule has 27 heavy (non-hydrogen) atoms. The summed E-state index contributed by atoms with van der Waals surface area (Å²) in [6.07, 6.45) is 11.8. The number of thioether (sulfide) groups is 1. The van der Waals surface area contributed by atoms with Crippen molar-refractivity contribution in [1.82, 2.24) is 30.0 Å². The Labute approximate surface area is 161 Å². The lowest BCUT2D eigenvalue weighted by atomic mass is 10.0. The van der Waals surface area contributed by atoms with Crippen molar-refractivity contribution < 1.29 is 5.11 Å². The van der Waals surface area contributed by atoms with Crippen LogP contribution in [-0.2, 0) is 0 Å². The van der Waals surface area contributed by atoms with Crippen LogP contribution in [0.1, 0.15) is 25.7 Å². The molecule has 2 N–H and O–H groups in total. The van der Waals surface area contributed by atoms with Crippen molar-refractivity contribution in [3.8, 4) is 22.7 Å². The van der Waals surface area contributed by atoms with Crippen LogP contribution in [0.4, 0.5) is 0 Å². The number of aromatic hydroxyl groups is 1. The minimum atomic E-state index is 0.145. The van der Waals surface area contributed by atoms with E-state index in [0.717, 1.165) is 18.7 Å². The highest BCUT2D eigenvalue weighted by molar-refractivity contribution is 7.99. The largest absolute Gasteiger partial charge is 0.507 e. The minimum Gasteiger partial charge on any atom is -0.507 e. The third kappa shape index (κ3) is 3.42. The number of nitrogens with one attached hydrogen (secondary N) is 1. The molecule has 1 saturated carbocycles. The number of nitrogens with zero attached hydrogens (tertiary/aromatic N) is 5. The molecule has 2 aliphatic rings. The van der Waals surface area contributed by atoms with E-state index in [1.807, 2.05) is 22.9 Å². The van der Waals surface area contributed by atoms with Crippen LogP contribution in [-0.4, -0.2) is 47.2 Å². The van der Waals surface area contributed by atoms with Crippen molar-refractivity contribution in [1.29, 1.82) is 0 Å². The Morgan fingerprint density at radius 3 is 2.89 bits per heavy atom. The fourth-order valence-corrected chi connectivity index (χ4v) is 4.78. The average Bonchev–Trinajstić information content (AvgIpc) is 3.20. The van der Waals surface area contributed by atoms with Crippen molar-refractivity contribution in [2.45, 2.75) is 41.6 Å². The summed E-state index contributed by atoms with van der Waals surface area (Å²) in [5.74, 6) is 0.145. The van der Waals surface area contributed by atoms with Gasteiger partial charge in [0.1, 0.15) is 11.4 Å². The molecular weight excluding hydrogens is 360 g/mol. The van der Waals surface area contributed by atoms with Gasteiger partial charge in [-0.1, -0.05) is 11.8 Å². The summed E-state index contributed by atoms with van der Waals surface area (Å²) in [4.78, 5) is 8.50. The van der Waals surface area contributed by atoms with Crippen molar-refractivity contribution >= 4 is 11.8 Å². The van der Waals surface area contributed by atoms with Gasteiger partial charge >= 0.3 is 0 Å². The van der Waals surface area contributed by atoms with E-state index in [4.69, 9.17) is 0 Å². The molecule has 0 bridgehead atoms. The number of aromatic nitrogens is 5. The van der Waals surface area contributed by atoms with Gasteiger partial charge in [-0.2, -0.15) is 0 Å². The van der Waals surface area contributed by atoms with E-state index in [-0.39, 0.29) is 5.75 Å². The molecule has 2 aromatic heterocycles. The number of benzene rings is 1. The normalized spacial score (nSPS) is 20.7. The zero-order chi connectivity index (χ0) is 18.3. The second kappa shape index (κ2) is 6.61. The molecule has 1 aliphatic carbocycles. The summed E-state index contributed by atoms with van der Waals surface area (Å²) in [6, 6.07) is 5.42. The molecule has 3 aromatic rings. The van der Waals surface area contributed by atoms with Crippen LogP contribution in [0.5, 0.6) is 5.75 Å².